The molecule has 0 N–H and O–H groups in total. The lowest BCUT2D eigenvalue weighted by molar-refractivity contribution is 0.183. The van der Waals surface area contributed by atoms with Gasteiger partial charge in [0.25, 0.3) is 0 Å². The number of likely N-dealkylation sites (tertiary alicyclic amines) is 1. The number of rotatable bonds is 3. The molecule has 0 amide bonds. The van der Waals surface area contributed by atoms with Gasteiger partial charge in [-0.25, -0.2) is 0 Å². The van der Waals surface area contributed by atoms with Gasteiger partial charge in [-0.2, -0.15) is 0 Å². The van der Waals surface area contributed by atoms with E-state index in [0.717, 1.165) is 18.5 Å². The third kappa shape index (κ3) is 2.80. The first-order valence-electron chi connectivity index (χ1n) is 7.31. The van der Waals surface area contributed by atoms with Crippen LogP contribution in [-0.2, 0) is 6.54 Å². The molecule has 0 radical (unpaired) electrons. The molecule has 1 nitrogen and oxygen atoms in total. The van der Waals surface area contributed by atoms with Gasteiger partial charge in [-0.15, -0.1) is 0 Å². The third-order valence-electron chi connectivity index (χ3n) is 4.66. The molecule has 1 heterocycles. The van der Waals surface area contributed by atoms with Gasteiger partial charge in [0.2, 0.25) is 0 Å². The molecule has 1 unspecified atom stereocenters. The first-order valence-corrected chi connectivity index (χ1v) is 8.11. The predicted molar refractivity (Wildman–Crippen MR) is 79.5 cm³/mol. The highest BCUT2D eigenvalue weighted by Gasteiger charge is 2.32. The molecule has 3 rings (SSSR count). The van der Waals surface area contributed by atoms with E-state index in [1.165, 1.54) is 55.1 Å². The summed E-state index contributed by atoms with van der Waals surface area (Å²) in [6.07, 6.45) is 8.71. The fourth-order valence-corrected chi connectivity index (χ4v) is 4.01. The second kappa shape index (κ2) is 5.75. The summed E-state index contributed by atoms with van der Waals surface area (Å²) in [5.74, 6) is 0.989. The number of hydrogen-bond acceptors (Lipinski definition) is 1. The maximum absolute atomic E-state index is 3.51. The maximum atomic E-state index is 3.51. The second-order valence-electron chi connectivity index (χ2n) is 5.85. The Bertz CT molecular complexity index is 381. The van der Waals surface area contributed by atoms with Gasteiger partial charge in [0.1, 0.15) is 0 Å². The summed E-state index contributed by atoms with van der Waals surface area (Å²) in [7, 11) is 0. The van der Waals surface area contributed by atoms with Gasteiger partial charge in [-0.1, -0.05) is 40.9 Å². The van der Waals surface area contributed by atoms with E-state index in [0.29, 0.717) is 0 Å². The normalized spacial score (nSPS) is 25.9. The molecule has 2 fully saturated rings. The largest absolute Gasteiger partial charge is 0.296 e. The lowest BCUT2D eigenvalue weighted by Crippen LogP contribution is -2.34. The van der Waals surface area contributed by atoms with Gasteiger partial charge in [0.15, 0.2) is 0 Å². The van der Waals surface area contributed by atoms with Crippen LogP contribution >= 0.6 is 15.9 Å². The van der Waals surface area contributed by atoms with E-state index in [4.69, 9.17) is 0 Å². The van der Waals surface area contributed by atoms with Gasteiger partial charge in [0.05, 0.1) is 0 Å². The van der Waals surface area contributed by atoms with Crippen LogP contribution in [0.5, 0.6) is 0 Å². The predicted octanol–water partition coefficient (Wildman–Crippen LogP) is 4.60. The average Bonchev–Trinajstić information content (AvgIpc) is 3.02. The summed E-state index contributed by atoms with van der Waals surface area (Å²) in [4.78, 5) is 2.74. The Kier molecular flexibility index (Phi) is 4.05. The molecular weight excluding hydrogens is 286 g/mol. The Morgan fingerprint density at radius 1 is 1.00 bits per heavy atom. The summed E-state index contributed by atoms with van der Waals surface area (Å²) in [5.41, 5.74) is 1.46. The lowest BCUT2D eigenvalue weighted by Gasteiger charge is -2.29. The number of halogens is 1. The smallest absolute Gasteiger partial charge is 0.0236 e. The van der Waals surface area contributed by atoms with Crippen LogP contribution < -0.4 is 0 Å². The van der Waals surface area contributed by atoms with Crippen LogP contribution in [0, 0.1) is 5.92 Å². The zero-order valence-corrected chi connectivity index (χ0v) is 12.5. The molecule has 1 aromatic carbocycles. The molecule has 2 heteroatoms. The quantitative estimate of drug-likeness (QED) is 0.788. The van der Waals surface area contributed by atoms with Crippen molar-refractivity contribution in [1.82, 2.24) is 4.90 Å². The standard InChI is InChI=1S/C16H22BrN/c17-15-9-7-13(8-10-15)12-18-11-3-6-16(18)14-4-1-2-5-14/h7-10,14,16H,1-6,11-12H2. The van der Waals surface area contributed by atoms with E-state index < -0.39 is 0 Å². The molecular formula is C16H22BrN. The third-order valence-corrected chi connectivity index (χ3v) is 5.19. The summed E-state index contributed by atoms with van der Waals surface area (Å²) < 4.78 is 1.18. The van der Waals surface area contributed by atoms with Crippen molar-refractivity contribution in [3.05, 3.63) is 34.3 Å². The maximum Gasteiger partial charge on any atom is 0.0236 e. The average molecular weight is 308 g/mol. The minimum atomic E-state index is 0.871. The van der Waals surface area contributed by atoms with Crippen LogP contribution in [0.4, 0.5) is 0 Å². The van der Waals surface area contributed by atoms with E-state index in [9.17, 15) is 0 Å². The molecule has 1 aromatic rings. The monoisotopic (exact) mass is 307 g/mol. The summed E-state index contributed by atoms with van der Waals surface area (Å²) in [6, 6.07) is 9.71. The zero-order valence-electron chi connectivity index (χ0n) is 10.9. The molecule has 0 spiro atoms. The van der Waals surface area contributed by atoms with Crippen LogP contribution in [0.25, 0.3) is 0 Å². The molecule has 1 saturated carbocycles. The van der Waals surface area contributed by atoms with Crippen LogP contribution in [-0.4, -0.2) is 17.5 Å². The first-order chi connectivity index (χ1) is 8.83. The minimum absolute atomic E-state index is 0.871. The molecule has 0 aromatic heterocycles. The van der Waals surface area contributed by atoms with E-state index in [1.54, 1.807) is 0 Å². The fraction of sp³-hybridized carbons (Fsp3) is 0.625. The van der Waals surface area contributed by atoms with E-state index in [-0.39, 0.29) is 0 Å². The van der Waals surface area contributed by atoms with Crippen LogP contribution in [0.2, 0.25) is 0 Å². The Morgan fingerprint density at radius 3 is 2.44 bits per heavy atom. The molecule has 0 bridgehead atoms. The van der Waals surface area contributed by atoms with Gasteiger partial charge in [-0.3, -0.25) is 4.90 Å². The highest BCUT2D eigenvalue weighted by Crippen LogP contribution is 2.36. The number of nitrogens with zero attached hydrogens (tertiary/aromatic N) is 1. The highest BCUT2D eigenvalue weighted by atomic mass is 79.9. The van der Waals surface area contributed by atoms with Gasteiger partial charge in [-0.05, 0) is 55.8 Å². The SMILES string of the molecule is Brc1ccc(CN2CCCC2C2CCCC2)cc1. The van der Waals surface area contributed by atoms with Crippen molar-refractivity contribution in [3.8, 4) is 0 Å². The number of hydrogen-bond donors (Lipinski definition) is 0. The van der Waals surface area contributed by atoms with E-state index in [2.05, 4.69) is 45.1 Å². The van der Waals surface area contributed by atoms with Gasteiger partial charge >= 0.3 is 0 Å². The second-order valence-corrected chi connectivity index (χ2v) is 6.77. The Labute approximate surface area is 119 Å². The molecule has 1 saturated heterocycles. The Balaban J connectivity index is 1.65. The van der Waals surface area contributed by atoms with Crippen LogP contribution in [0.15, 0.2) is 28.7 Å². The van der Waals surface area contributed by atoms with Gasteiger partial charge < -0.3 is 0 Å². The van der Waals surface area contributed by atoms with Crippen molar-refractivity contribution < 1.29 is 0 Å². The molecule has 1 atom stereocenters. The number of benzene rings is 1. The zero-order chi connectivity index (χ0) is 12.4. The fourth-order valence-electron chi connectivity index (χ4n) is 3.75. The van der Waals surface area contributed by atoms with Crippen molar-refractivity contribution in [2.45, 2.75) is 51.1 Å². The molecule has 1 aliphatic carbocycles. The van der Waals surface area contributed by atoms with Gasteiger partial charge in [0, 0.05) is 17.1 Å². The summed E-state index contributed by atoms with van der Waals surface area (Å²) in [6.45, 7) is 2.45. The molecule has 2 aliphatic rings. The first kappa shape index (κ1) is 12.7. The van der Waals surface area contributed by atoms with E-state index in [1.807, 2.05) is 0 Å². The summed E-state index contributed by atoms with van der Waals surface area (Å²) in [5, 5.41) is 0. The van der Waals surface area contributed by atoms with Crippen molar-refractivity contribution in [3.63, 3.8) is 0 Å². The summed E-state index contributed by atoms with van der Waals surface area (Å²) >= 11 is 3.51. The minimum Gasteiger partial charge on any atom is -0.296 e. The van der Waals surface area contributed by atoms with Crippen LogP contribution in [0.3, 0.4) is 0 Å². The lowest BCUT2D eigenvalue weighted by atomic mass is 9.96. The van der Waals surface area contributed by atoms with Crippen molar-refractivity contribution in [2.24, 2.45) is 5.92 Å². The molecule has 18 heavy (non-hydrogen) atoms. The van der Waals surface area contributed by atoms with Crippen LogP contribution in [0.1, 0.15) is 44.1 Å². The van der Waals surface area contributed by atoms with Crippen molar-refractivity contribution in [1.29, 1.82) is 0 Å². The Morgan fingerprint density at radius 2 is 1.72 bits per heavy atom. The van der Waals surface area contributed by atoms with Crippen molar-refractivity contribution in [2.75, 3.05) is 6.54 Å². The molecule has 98 valence electrons. The molecule has 1 aliphatic heterocycles. The van der Waals surface area contributed by atoms with E-state index >= 15 is 0 Å². The highest BCUT2D eigenvalue weighted by molar-refractivity contribution is 9.10. The topological polar surface area (TPSA) is 3.24 Å². The van der Waals surface area contributed by atoms with Crippen molar-refractivity contribution >= 4 is 15.9 Å². The Hall–Kier alpha value is -0.340.